The van der Waals surface area contributed by atoms with Gasteiger partial charge in [0.2, 0.25) is 0 Å². The van der Waals surface area contributed by atoms with Crippen LogP contribution in [0, 0.1) is 13.8 Å². The summed E-state index contributed by atoms with van der Waals surface area (Å²) in [6.07, 6.45) is 0. The van der Waals surface area contributed by atoms with Crippen molar-refractivity contribution in [2.45, 2.75) is 52.6 Å². The van der Waals surface area contributed by atoms with Crippen LogP contribution in [0.2, 0.25) is 0 Å². The van der Waals surface area contributed by atoms with Crippen LogP contribution >= 0.6 is 0 Å². The molecule has 2 rings (SSSR count). The fraction of sp³-hybridized carbons (Fsp3) is 0.625. The highest BCUT2D eigenvalue weighted by Crippen LogP contribution is 2.27. The molecule has 0 bridgehead atoms. The van der Waals surface area contributed by atoms with Gasteiger partial charge in [0.25, 0.3) is 0 Å². The first-order valence-electron chi connectivity index (χ1n) is 6.80. The molecule has 1 aliphatic heterocycles. The molecular formula is C16H26N2. The number of nitrogens with one attached hydrogen (secondary N) is 1. The molecule has 0 unspecified atom stereocenters. The van der Waals surface area contributed by atoms with E-state index in [1.54, 1.807) is 0 Å². The van der Waals surface area contributed by atoms with Crippen LogP contribution in [0.1, 0.15) is 38.8 Å². The van der Waals surface area contributed by atoms with E-state index in [1.807, 2.05) is 0 Å². The van der Waals surface area contributed by atoms with Gasteiger partial charge in [0, 0.05) is 29.9 Å². The number of nitrogens with zero attached hydrogens (tertiary/aromatic N) is 1. The fourth-order valence-corrected chi connectivity index (χ4v) is 3.11. The van der Waals surface area contributed by atoms with Gasteiger partial charge in [-0.2, -0.15) is 0 Å². The molecule has 100 valence electrons. The molecule has 1 fully saturated rings. The second kappa shape index (κ2) is 4.27. The van der Waals surface area contributed by atoms with Gasteiger partial charge in [-0.15, -0.1) is 0 Å². The lowest BCUT2D eigenvalue weighted by Gasteiger charge is -2.49. The van der Waals surface area contributed by atoms with E-state index in [-0.39, 0.29) is 11.1 Å². The van der Waals surface area contributed by atoms with Crippen molar-refractivity contribution in [3.8, 4) is 0 Å². The predicted molar refractivity (Wildman–Crippen MR) is 79.4 cm³/mol. The molecule has 2 nitrogen and oxygen atoms in total. The summed E-state index contributed by atoms with van der Waals surface area (Å²) in [5.74, 6) is 0. The Kier molecular flexibility index (Phi) is 3.18. The van der Waals surface area contributed by atoms with E-state index in [0.717, 1.165) is 13.1 Å². The summed E-state index contributed by atoms with van der Waals surface area (Å²) in [6.45, 7) is 15.6. The summed E-state index contributed by atoms with van der Waals surface area (Å²) in [7, 11) is 0. The molecule has 0 spiro atoms. The molecular weight excluding hydrogens is 220 g/mol. The second-order valence-electron chi connectivity index (χ2n) is 7.02. The Hall–Kier alpha value is -1.02. The van der Waals surface area contributed by atoms with Gasteiger partial charge in [-0.3, -0.25) is 0 Å². The molecule has 18 heavy (non-hydrogen) atoms. The van der Waals surface area contributed by atoms with Crippen molar-refractivity contribution in [2.75, 3.05) is 18.0 Å². The van der Waals surface area contributed by atoms with Crippen LogP contribution in [0.3, 0.4) is 0 Å². The van der Waals surface area contributed by atoms with Crippen LogP contribution in [0.25, 0.3) is 0 Å². The number of piperazine rings is 1. The normalized spacial score (nSPS) is 22.0. The van der Waals surface area contributed by atoms with Crippen LogP contribution in [0.5, 0.6) is 0 Å². The van der Waals surface area contributed by atoms with Gasteiger partial charge in [0.05, 0.1) is 0 Å². The first-order chi connectivity index (χ1) is 8.19. The molecule has 1 saturated heterocycles. The Labute approximate surface area is 111 Å². The van der Waals surface area contributed by atoms with Crippen LogP contribution in [0.15, 0.2) is 18.2 Å². The van der Waals surface area contributed by atoms with Crippen LogP contribution in [0.4, 0.5) is 5.69 Å². The molecule has 2 heteroatoms. The van der Waals surface area contributed by atoms with Gasteiger partial charge >= 0.3 is 0 Å². The van der Waals surface area contributed by atoms with Gasteiger partial charge in [-0.1, -0.05) is 6.07 Å². The molecule has 1 aliphatic rings. The third-order valence-electron chi connectivity index (χ3n) is 3.70. The fourth-order valence-electron chi connectivity index (χ4n) is 3.11. The lowest BCUT2D eigenvalue weighted by atomic mass is 9.91. The van der Waals surface area contributed by atoms with Gasteiger partial charge in [-0.05, 0) is 64.8 Å². The largest absolute Gasteiger partial charge is 0.368 e. The van der Waals surface area contributed by atoms with Crippen molar-refractivity contribution in [3.05, 3.63) is 29.3 Å². The lowest BCUT2D eigenvalue weighted by Crippen LogP contribution is -2.66. The molecule has 1 heterocycles. The number of hydrogen-bond acceptors (Lipinski definition) is 2. The topological polar surface area (TPSA) is 15.3 Å². The van der Waals surface area contributed by atoms with E-state index in [4.69, 9.17) is 0 Å². The molecule has 1 N–H and O–H groups in total. The molecule has 1 aromatic rings. The minimum atomic E-state index is 0.153. The summed E-state index contributed by atoms with van der Waals surface area (Å²) in [4.78, 5) is 2.50. The molecule has 0 aromatic heterocycles. The molecule has 0 saturated carbocycles. The maximum absolute atomic E-state index is 3.72. The number of aryl methyl sites for hydroxylation is 2. The van der Waals surface area contributed by atoms with E-state index in [0.29, 0.717) is 0 Å². The number of hydrogen-bond donors (Lipinski definition) is 1. The maximum atomic E-state index is 3.72. The van der Waals surface area contributed by atoms with E-state index in [2.05, 4.69) is 70.0 Å². The Bertz CT molecular complexity index is 430. The van der Waals surface area contributed by atoms with Crippen LogP contribution in [-0.4, -0.2) is 24.2 Å². The number of benzene rings is 1. The van der Waals surface area contributed by atoms with E-state index >= 15 is 0 Å². The van der Waals surface area contributed by atoms with Gasteiger partial charge < -0.3 is 10.2 Å². The summed E-state index contributed by atoms with van der Waals surface area (Å²) >= 11 is 0. The molecule has 0 atom stereocenters. The van der Waals surface area contributed by atoms with E-state index in [9.17, 15) is 0 Å². The standard InChI is InChI=1S/C16H26N2/c1-12-7-8-14(9-13(12)2)18-10-15(3,4)17-16(5,6)11-18/h7-9,17H,10-11H2,1-6H3. The molecule has 0 amide bonds. The summed E-state index contributed by atoms with van der Waals surface area (Å²) < 4.78 is 0. The minimum absolute atomic E-state index is 0.153. The molecule has 1 aromatic carbocycles. The highest BCUT2D eigenvalue weighted by Gasteiger charge is 2.36. The number of anilines is 1. The van der Waals surface area contributed by atoms with Crippen molar-refractivity contribution in [3.63, 3.8) is 0 Å². The zero-order chi connectivity index (χ0) is 13.6. The first kappa shape index (κ1) is 13.4. The third-order valence-corrected chi connectivity index (χ3v) is 3.70. The van der Waals surface area contributed by atoms with Gasteiger partial charge in [-0.25, -0.2) is 0 Å². The van der Waals surface area contributed by atoms with Gasteiger partial charge in [0.1, 0.15) is 0 Å². The Morgan fingerprint density at radius 3 is 2.00 bits per heavy atom. The lowest BCUT2D eigenvalue weighted by molar-refractivity contribution is 0.226. The minimum Gasteiger partial charge on any atom is -0.368 e. The zero-order valence-electron chi connectivity index (χ0n) is 12.6. The Morgan fingerprint density at radius 1 is 0.944 bits per heavy atom. The predicted octanol–water partition coefficient (Wildman–Crippen LogP) is 3.27. The molecule has 0 aliphatic carbocycles. The van der Waals surface area contributed by atoms with Crippen molar-refractivity contribution in [1.82, 2.24) is 5.32 Å². The summed E-state index contributed by atoms with van der Waals surface area (Å²) in [5, 5.41) is 3.72. The van der Waals surface area contributed by atoms with E-state index < -0.39 is 0 Å². The van der Waals surface area contributed by atoms with Crippen molar-refractivity contribution >= 4 is 5.69 Å². The summed E-state index contributed by atoms with van der Waals surface area (Å²) in [6, 6.07) is 6.79. The Morgan fingerprint density at radius 2 is 1.50 bits per heavy atom. The van der Waals surface area contributed by atoms with Crippen LogP contribution < -0.4 is 10.2 Å². The van der Waals surface area contributed by atoms with Crippen LogP contribution in [-0.2, 0) is 0 Å². The Balaban J connectivity index is 2.29. The average Bonchev–Trinajstić information content (AvgIpc) is 2.17. The maximum Gasteiger partial charge on any atom is 0.0370 e. The number of rotatable bonds is 1. The SMILES string of the molecule is Cc1ccc(N2CC(C)(C)NC(C)(C)C2)cc1C. The van der Waals surface area contributed by atoms with Crippen molar-refractivity contribution in [2.24, 2.45) is 0 Å². The van der Waals surface area contributed by atoms with E-state index in [1.165, 1.54) is 16.8 Å². The second-order valence-corrected chi connectivity index (χ2v) is 7.02. The highest BCUT2D eigenvalue weighted by molar-refractivity contribution is 5.52. The third kappa shape index (κ3) is 2.86. The first-order valence-corrected chi connectivity index (χ1v) is 6.80. The monoisotopic (exact) mass is 246 g/mol. The van der Waals surface area contributed by atoms with Crippen molar-refractivity contribution in [1.29, 1.82) is 0 Å². The summed E-state index contributed by atoms with van der Waals surface area (Å²) in [5.41, 5.74) is 4.40. The van der Waals surface area contributed by atoms with Gasteiger partial charge in [0.15, 0.2) is 0 Å². The highest BCUT2D eigenvalue weighted by atomic mass is 15.3. The zero-order valence-corrected chi connectivity index (χ0v) is 12.6. The van der Waals surface area contributed by atoms with Crippen molar-refractivity contribution < 1.29 is 0 Å². The smallest absolute Gasteiger partial charge is 0.0370 e. The molecule has 0 radical (unpaired) electrons. The average molecular weight is 246 g/mol. The quantitative estimate of drug-likeness (QED) is 0.818.